The van der Waals surface area contributed by atoms with Crippen LogP contribution in [0.1, 0.15) is 55.8 Å². The Hall–Kier alpha value is -3.91. The third-order valence-electron chi connectivity index (χ3n) is 8.40. The Kier molecular flexibility index (Phi) is 5.85. The lowest BCUT2D eigenvalue weighted by Crippen LogP contribution is -2.43. The van der Waals surface area contributed by atoms with E-state index in [4.69, 9.17) is 26.3 Å². The number of rotatable bonds is 3. The zero-order chi connectivity index (χ0) is 27.7. The topological polar surface area (TPSA) is 88.9 Å². The molecule has 3 aromatic heterocycles. The van der Waals surface area contributed by atoms with Gasteiger partial charge in [0.25, 0.3) is 0 Å². The van der Waals surface area contributed by atoms with Gasteiger partial charge < -0.3 is 9.64 Å². The van der Waals surface area contributed by atoms with Crippen molar-refractivity contribution in [3.05, 3.63) is 69.0 Å². The fourth-order valence-corrected chi connectivity index (χ4v) is 6.75. The van der Waals surface area contributed by atoms with Crippen LogP contribution >= 0.6 is 11.6 Å². The molecule has 0 aliphatic carbocycles. The van der Waals surface area contributed by atoms with Crippen LogP contribution < -0.4 is 15.3 Å². The number of nitrogens with zero attached hydrogens (tertiary/aromatic N) is 5. The smallest absolute Gasteiger partial charge is 0.354 e. The van der Waals surface area contributed by atoms with Crippen molar-refractivity contribution in [1.29, 1.82) is 0 Å². The van der Waals surface area contributed by atoms with Gasteiger partial charge in [0.05, 0.1) is 45.1 Å². The highest BCUT2D eigenvalue weighted by Crippen LogP contribution is 2.48. The maximum atomic E-state index is 14.1. The van der Waals surface area contributed by atoms with E-state index >= 15 is 0 Å². The Labute approximate surface area is 237 Å². The Balaban J connectivity index is 1.66. The number of aromatic nitrogens is 5. The first-order chi connectivity index (χ1) is 19.3. The molecule has 7 rings (SSSR count). The van der Waals surface area contributed by atoms with Crippen LogP contribution in [0.3, 0.4) is 0 Å². The van der Waals surface area contributed by atoms with Crippen molar-refractivity contribution in [3.8, 4) is 22.6 Å². The lowest BCUT2D eigenvalue weighted by atomic mass is 9.95. The molecule has 1 atom stereocenters. The molecule has 1 saturated heterocycles. The van der Waals surface area contributed by atoms with Crippen LogP contribution in [0.5, 0.6) is 5.75 Å². The lowest BCUT2D eigenvalue weighted by Gasteiger charge is -2.35. The summed E-state index contributed by atoms with van der Waals surface area (Å²) in [7, 11) is 0. The van der Waals surface area contributed by atoms with Crippen molar-refractivity contribution in [1.82, 2.24) is 24.7 Å². The number of H-pyrrole nitrogens is 1. The summed E-state index contributed by atoms with van der Waals surface area (Å²) in [5, 5.41) is 9.62. The number of benzene rings is 2. The van der Waals surface area contributed by atoms with Crippen molar-refractivity contribution in [2.75, 3.05) is 18.1 Å². The van der Waals surface area contributed by atoms with Crippen LogP contribution in [0.4, 0.5) is 5.82 Å². The number of aromatic amines is 1. The van der Waals surface area contributed by atoms with Crippen LogP contribution in [0.15, 0.2) is 41.5 Å². The molecule has 1 N–H and O–H groups in total. The standard InChI is InChI=1S/C31H31ClN6O2/c1-16(2)27-28(18(4)10-11-33-27)38-23-13-20(24-17(3)8-9-22-21(24)14-34-36-22)26(32)29-25(23)30(35-31(38)39)37-12-6-5-7-19(37)15-40-29/h8-11,13-14,16,19H,5-7,12,15H2,1-4H3,(H,34,36)/t19-/m1/s1. The summed E-state index contributed by atoms with van der Waals surface area (Å²) in [5.74, 6) is 1.34. The van der Waals surface area contributed by atoms with Gasteiger partial charge in [0.15, 0.2) is 5.75 Å². The highest BCUT2D eigenvalue weighted by molar-refractivity contribution is 6.37. The van der Waals surface area contributed by atoms with Gasteiger partial charge in [-0.1, -0.05) is 31.5 Å². The normalized spacial score (nSPS) is 16.9. The van der Waals surface area contributed by atoms with E-state index < -0.39 is 0 Å². The number of hydrogen-bond acceptors (Lipinski definition) is 6. The molecule has 204 valence electrons. The summed E-state index contributed by atoms with van der Waals surface area (Å²) < 4.78 is 8.31. The molecule has 2 aromatic carbocycles. The number of fused-ring (bicyclic) bond motifs is 3. The summed E-state index contributed by atoms with van der Waals surface area (Å²) >= 11 is 7.29. The summed E-state index contributed by atoms with van der Waals surface area (Å²) in [5.41, 5.74) is 6.67. The predicted molar refractivity (Wildman–Crippen MR) is 159 cm³/mol. The number of piperidine rings is 1. The Morgan fingerprint density at radius 3 is 2.83 bits per heavy atom. The number of nitrogens with one attached hydrogen (secondary N) is 1. The van der Waals surface area contributed by atoms with Gasteiger partial charge in [-0.05, 0) is 73.9 Å². The first kappa shape index (κ1) is 25.1. The second-order valence-corrected chi connectivity index (χ2v) is 11.7. The minimum Gasteiger partial charge on any atom is -0.489 e. The van der Waals surface area contributed by atoms with E-state index in [0.29, 0.717) is 28.7 Å². The van der Waals surface area contributed by atoms with Crippen LogP contribution in [0, 0.1) is 13.8 Å². The summed E-state index contributed by atoms with van der Waals surface area (Å²) in [6.07, 6.45) is 6.77. The molecular weight excluding hydrogens is 524 g/mol. The zero-order valence-electron chi connectivity index (χ0n) is 23.1. The van der Waals surface area contributed by atoms with E-state index in [9.17, 15) is 4.79 Å². The molecule has 0 bridgehead atoms. The fourth-order valence-electron chi connectivity index (χ4n) is 6.46. The SMILES string of the molecule is Cc1ccnc(C(C)C)c1-n1c(=O)nc2c3c(c(Cl)c(-c4c(C)ccc5[nH]ncc45)cc31)OC[C@H]1CCCCN21. The van der Waals surface area contributed by atoms with Crippen LogP contribution in [-0.2, 0) is 0 Å². The van der Waals surface area contributed by atoms with Crippen molar-refractivity contribution < 1.29 is 4.74 Å². The molecule has 0 saturated carbocycles. The van der Waals surface area contributed by atoms with E-state index in [2.05, 4.69) is 41.9 Å². The van der Waals surface area contributed by atoms with Crippen LogP contribution in [-0.4, -0.2) is 43.9 Å². The van der Waals surface area contributed by atoms with Crippen molar-refractivity contribution >= 4 is 39.2 Å². The third-order valence-corrected chi connectivity index (χ3v) is 8.78. The quantitative estimate of drug-likeness (QED) is 0.275. The van der Waals surface area contributed by atoms with E-state index in [1.807, 2.05) is 31.3 Å². The largest absolute Gasteiger partial charge is 0.489 e. The lowest BCUT2D eigenvalue weighted by molar-refractivity contribution is 0.268. The molecule has 40 heavy (non-hydrogen) atoms. The number of pyridine rings is 1. The average molecular weight is 555 g/mol. The number of anilines is 1. The van der Waals surface area contributed by atoms with Gasteiger partial charge in [-0.2, -0.15) is 10.1 Å². The molecular formula is C31H31ClN6O2. The first-order valence-corrected chi connectivity index (χ1v) is 14.3. The minimum atomic E-state index is -0.329. The van der Waals surface area contributed by atoms with Gasteiger partial charge in [-0.3, -0.25) is 14.6 Å². The number of aryl methyl sites for hydroxylation is 2. The van der Waals surface area contributed by atoms with Crippen LogP contribution in [0.2, 0.25) is 5.02 Å². The van der Waals surface area contributed by atoms with E-state index in [0.717, 1.165) is 75.7 Å². The monoisotopic (exact) mass is 554 g/mol. The fraction of sp³-hybridized carbons (Fsp3) is 0.355. The molecule has 5 heterocycles. The number of halogens is 1. The van der Waals surface area contributed by atoms with E-state index in [-0.39, 0.29) is 17.6 Å². The Morgan fingerprint density at radius 2 is 2.00 bits per heavy atom. The maximum absolute atomic E-state index is 14.1. The molecule has 0 spiro atoms. The summed E-state index contributed by atoms with van der Waals surface area (Å²) in [4.78, 5) is 25.9. The number of hydrogen-bond donors (Lipinski definition) is 1. The minimum absolute atomic E-state index is 0.100. The molecule has 5 aromatic rings. The maximum Gasteiger partial charge on any atom is 0.354 e. The second-order valence-electron chi connectivity index (χ2n) is 11.3. The molecule has 0 radical (unpaired) electrons. The number of ether oxygens (including phenoxy) is 1. The zero-order valence-corrected chi connectivity index (χ0v) is 23.8. The van der Waals surface area contributed by atoms with Gasteiger partial charge in [0.1, 0.15) is 12.4 Å². The first-order valence-electron chi connectivity index (χ1n) is 13.9. The predicted octanol–water partition coefficient (Wildman–Crippen LogP) is 6.47. The van der Waals surface area contributed by atoms with Crippen molar-refractivity contribution in [3.63, 3.8) is 0 Å². The van der Waals surface area contributed by atoms with Crippen molar-refractivity contribution in [2.24, 2.45) is 0 Å². The van der Waals surface area contributed by atoms with Crippen molar-refractivity contribution in [2.45, 2.75) is 58.9 Å². The molecule has 8 nitrogen and oxygen atoms in total. The Morgan fingerprint density at radius 1 is 1.15 bits per heavy atom. The van der Waals surface area contributed by atoms with Crippen LogP contribution in [0.25, 0.3) is 38.6 Å². The van der Waals surface area contributed by atoms with Gasteiger partial charge in [-0.25, -0.2) is 4.79 Å². The molecule has 0 unspecified atom stereocenters. The molecule has 0 amide bonds. The van der Waals surface area contributed by atoms with E-state index in [1.54, 1.807) is 10.8 Å². The second kappa shape index (κ2) is 9.34. The molecule has 1 fully saturated rings. The third kappa shape index (κ3) is 3.65. The highest BCUT2D eigenvalue weighted by atomic mass is 35.5. The van der Waals surface area contributed by atoms with Gasteiger partial charge >= 0.3 is 5.69 Å². The summed E-state index contributed by atoms with van der Waals surface area (Å²) in [6.45, 7) is 9.57. The Bertz CT molecular complexity index is 1870. The average Bonchev–Trinajstić information content (AvgIpc) is 3.35. The molecule has 9 heteroatoms. The van der Waals surface area contributed by atoms with Gasteiger partial charge in [0, 0.05) is 23.7 Å². The van der Waals surface area contributed by atoms with Gasteiger partial charge in [-0.15, -0.1) is 0 Å². The van der Waals surface area contributed by atoms with E-state index in [1.165, 1.54) is 0 Å². The molecule has 2 aliphatic rings. The molecule has 2 aliphatic heterocycles. The van der Waals surface area contributed by atoms with Gasteiger partial charge in [0.2, 0.25) is 0 Å². The summed E-state index contributed by atoms with van der Waals surface area (Å²) in [6, 6.07) is 8.19. The highest BCUT2D eigenvalue weighted by Gasteiger charge is 2.34.